The van der Waals surface area contributed by atoms with E-state index < -0.39 is 10.0 Å². The van der Waals surface area contributed by atoms with Gasteiger partial charge in [0, 0.05) is 6.54 Å². The van der Waals surface area contributed by atoms with Gasteiger partial charge in [0.05, 0.1) is 11.9 Å². The third-order valence-electron chi connectivity index (χ3n) is 2.89. The lowest BCUT2D eigenvalue weighted by Crippen LogP contribution is -2.28. The number of fused-ring (bicyclic) bond motifs is 1. The largest absolute Gasteiger partial charge is 0.375 e. The summed E-state index contributed by atoms with van der Waals surface area (Å²) >= 11 is 0.993. The Balaban J connectivity index is 2.07. The van der Waals surface area contributed by atoms with E-state index in [1.165, 1.54) is 10.5 Å². The van der Waals surface area contributed by atoms with Crippen molar-refractivity contribution < 1.29 is 8.42 Å². The fraction of sp³-hybridized carbons (Fsp3) is 0.182. The molecule has 0 unspecified atom stereocenters. The number of nitrogens with zero attached hydrogens (tertiary/aromatic N) is 2. The van der Waals surface area contributed by atoms with Gasteiger partial charge in [-0.25, -0.2) is 13.4 Å². The van der Waals surface area contributed by atoms with E-state index in [1.54, 1.807) is 0 Å². The molecule has 94 valence electrons. The molecule has 1 aromatic carbocycles. The zero-order valence-electron chi connectivity index (χ0n) is 9.41. The Morgan fingerprint density at radius 2 is 2.11 bits per heavy atom. The van der Waals surface area contributed by atoms with Crippen molar-refractivity contribution in [1.29, 1.82) is 0 Å². The molecule has 0 saturated heterocycles. The molecule has 0 radical (unpaired) electrons. The second kappa shape index (κ2) is 3.96. The van der Waals surface area contributed by atoms with Crippen molar-refractivity contribution in [2.75, 3.05) is 16.6 Å². The third kappa shape index (κ3) is 1.67. The Morgan fingerprint density at radius 1 is 1.33 bits per heavy atom. The molecule has 1 aromatic heterocycles. The average Bonchev–Trinajstić information content (AvgIpc) is 2.95. The maximum atomic E-state index is 12.5. The van der Waals surface area contributed by atoms with Gasteiger partial charge in [-0.1, -0.05) is 29.5 Å². The van der Waals surface area contributed by atoms with Crippen LogP contribution in [0.3, 0.4) is 0 Å². The van der Waals surface area contributed by atoms with E-state index in [-0.39, 0.29) is 9.34 Å². The number of nitrogens with two attached hydrogens (primary N) is 1. The predicted octanol–water partition coefficient (Wildman–Crippen LogP) is 1.48. The normalized spacial score (nSPS) is 14.8. The summed E-state index contributed by atoms with van der Waals surface area (Å²) in [5.74, 6) is 0. The minimum Gasteiger partial charge on any atom is -0.375 e. The number of sulfonamides is 1. The number of para-hydroxylation sites is 1. The van der Waals surface area contributed by atoms with Crippen molar-refractivity contribution in [2.24, 2.45) is 0 Å². The number of benzene rings is 1. The molecule has 0 spiro atoms. The summed E-state index contributed by atoms with van der Waals surface area (Å²) in [5, 5.41) is 0.265. The first-order valence-corrected chi connectivity index (χ1v) is 7.66. The maximum Gasteiger partial charge on any atom is 0.275 e. The highest BCUT2D eigenvalue weighted by Crippen LogP contribution is 2.34. The molecule has 7 heteroatoms. The van der Waals surface area contributed by atoms with Gasteiger partial charge in [-0.05, 0) is 18.1 Å². The van der Waals surface area contributed by atoms with Crippen LogP contribution in [0.5, 0.6) is 0 Å². The van der Waals surface area contributed by atoms with E-state index in [4.69, 9.17) is 5.73 Å². The van der Waals surface area contributed by atoms with Crippen LogP contribution in [0.1, 0.15) is 5.56 Å². The number of nitrogen functional groups attached to an aromatic ring is 1. The van der Waals surface area contributed by atoms with Gasteiger partial charge in [-0.3, -0.25) is 4.31 Å². The van der Waals surface area contributed by atoms with Crippen molar-refractivity contribution in [2.45, 2.75) is 10.6 Å². The van der Waals surface area contributed by atoms with Crippen LogP contribution in [0.2, 0.25) is 0 Å². The van der Waals surface area contributed by atoms with E-state index >= 15 is 0 Å². The standard InChI is InChI=1S/C11H11N3O2S2/c12-11-13-7-10(17-11)18(15,16)14-6-5-8-3-1-2-4-9(8)14/h1-4,7H,5-6H2,(H2,12,13). The van der Waals surface area contributed by atoms with Crippen LogP contribution >= 0.6 is 11.3 Å². The fourth-order valence-electron chi connectivity index (χ4n) is 2.06. The summed E-state index contributed by atoms with van der Waals surface area (Å²) in [6.45, 7) is 0.472. The fourth-order valence-corrected chi connectivity index (χ4v) is 4.59. The third-order valence-corrected chi connectivity index (χ3v) is 5.97. The van der Waals surface area contributed by atoms with Crippen LogP contribution in [0, 0.1) is 0 Å². The van der Waals surface area contributed by atoms with Gasteiger partial charge in [0.15, 0.2) is 9.34 Å². The van der Waals surface area contributed by atoms with E-state index in [1.807, 2.05) is 24.3 Å². The van der Waals surface area contributed by atoms with Crippen molar-refractivity contribution >= 4 is 32.2 Å². The van der Waals surface area contributed by atoms with Gasteiger partial charge in [0.1, 0.15) is 0 Å². The van der Waals surface area contributed by atoms with Crippen molar-refractivity contribution in [3.63, 3.8) is 0 Å². The van der Waals surface area contributed by atoms with Gasteiger partial charge < -0.3 is 5.73 Å². The highest BCUT2D eigenvalue weighted by Gasteiger charge is 2.31. The predicted molar refractivity (Wildman–Crippen MR) is 71.2 cm³/mol. The van der Waals surface area contributed by atoms with E-state index in [9.17, 15) is 8.42 Å². The quantitative estimate of drug-likeness (QED) is 0.904. The molecular weight excluding hydrogens is 270 g/mol. The zero-order chi connectivity index (χ0) is 12.8. The van der Waals surface area contributed by atoms with Gasteiger partial charge in [0.2, 0.25) is 0 Å². The van der Waals surface area contributed by atoms with E-state index in [0.29, 0.717) is 6.54 Å². The minimum atomic E-state index is -3.52. The molecule has 2 heterocycles. The van der Waals surface area contributed by atoms with Crippen LogP contribution in [0.15, 0.2) is 34.7 Å². The van der Waals surface area contributed by atoms with Gasteiger partial charge in [-0.2, -0.15) is 0 Å². The number of thiazole rings is 1. The summed E-state index contributed by atoms with van der Waals surface area (Å²) in [7, 11) is -3.52. The van der Waals surface area contributed by atoms with E-state index in [0.717, 1.165) is 29.0 Å². The SMILES string of the molecule is Nc1ncc(S(=O)(=O)N2CCc3ccccc32)s1. The highest BCUT2D eigenvalue weighted by molar-refractivity contribution is 7.94. The van der Waals surface area contributed by atoms with Crippen LogP contribution in [-0.4, -0.2) is 19.9 Å². The lowest BCUT2D eigenvalue weighted by atomic mass is 10.2. The van der Waals surface area contributed by atoms with Crippen LogP contribution < -0.4 is 10.0 Å². The maximum absolute atomic E-state index is 12.5. The molecule has 0 atom stereocenters. The topological polar surface area (TPSA) is 76.3 Å². The summed E-state index contributed by atoms with van der Waals surface area (Å²) in [6, 6.07) is 7.53. The Labute approximate surface area is 109 Å². The summed E-state index contributed by atoms with van der Waals surface area (Å²) in [4.78, 5) is 3.80. The lowest BCUT2D eigenvalue weighted by molar-refractivity contribution is 0.594. The number of aromatic nitrogens is 1. The lowest BCUT2D eigenvalue weighted by Gasteiger charge is -2.17. The second-order valence-corrected chi connectivity index (χ2v) is 7.12. The molecule has 0 aliphatic carbocycles. The second-order valence-electron chi connectivity index (χ2n) is 3.97. The molecule has 0 bridgehead atoms. The molecule has 0 fully saturated rings. The van der Waals surface area contributed by atoms with Crippen LogP contribution in [-0.2, 0) is 16.4 Å². The number of rotatable bonds is 2. The molecule has 3 rings (SSSR count). The summed E-state index contributed by atoms with van der Waals surface area (Å²) in [6.07, 6.45) is 2.06. The molecule has 0 saturated carbocycles. The number of anilines is 2. The minimum absolute atomic E-state index is 0.191. The van der Waals surface area contributed by atoms with Crippen LogP contribution in [0.4, 0.5) is 10.8 Å². The summed E-state index contributed by atoms with van der Waals surface area (Å²) in [5.41, 5.74) is 7.30. The molecule has 0 amide bonds. The zero-order valence-corrected chi connectivity index (χ0v) is 11.0. The number of hydrogen-bond acceptors (Lipinski definition) is 5. The van der Waals surface area contributed by atoms with Crippen molar-refractivity contribution in [1.82, 2.24) is 4.98 Å². The molecule has 1 aliphatic rings. The molecule has 18 heavy (non-hydrogen) atoms. The Morgan fingerprint density at radius 3 is 2.83 bits per heavy atom. The molecule has 1 aliphatic heterocycles. The van der Waals surface area contributed by atoms with Gasteiger partial charge in [-0.15, -0.1) is 0 Å². The van der Waals surface area contributed by atoms with Gasteiger partial charge >= 0.3 is 0 Å². The first-order valence-electron chi connectivity index (χ1n) is 5.41. The molecule has 5 nitrogen and oxygen atoms in total. The Hall–Kier alpha value is -1.60. The Bertz CT molecular complexity index is 694. The van der Waals surface area contributed by atoms with Crippen LogP contribution in [0.25, 0.3) is 0 Å². The Kier molecular flexibility index (Phi) is 2.53. The number of hydrogen-bond donors (Lipinski definition) is 1. The van der Waals surface area contributed by atoms with Crippen molar-refractivity contribution in [3.8, 4) is 0 Å². The molecular formula is C11H11N3O2S2. The highest BCUT2D eigenvalue weighted by atomic mass is 32.2. The first-order chi connectivity index (χ1) is 8.59. The summed E-state index contributed by atoms with van der Waals surface area (Å²) < 4.78 is 26.5. The average molecular weight is 281 g/mol. The first kappa shape index (κ1) is 11.5. The van der Waals surface area contributed by atoms with E-state index in [2.05, 4.69) is 4.98 Å². The van der Waals surface area contributed by atoms with Crippen molar-refractivity contribution in [3.05, 3.63) is 36.0 Å². The smallest absolute Gasteiger partial charge is 0.275 e. The van der Waals surface area contributed by atoms with Gasteiger partial charge in [0.25, 0.3) is 10.0 Å². The molecule has 2 N–H and O–H groups in total. The monoisotopic (exact) mass is 281 g/mol. The molecule has 2 aromatic rings.